The molecule has 2 aromatic heterocycles. The van der Waals surface area contributed by atoms with Crippen molar-refractivity contribution in [1.82, 2.24) is 9.97 Å². The summed E-state index contributed by atoms with van der Waals surface area (Å²) in [6, 6.07) is 9.45. The zero-order valence-corrected chi connectivity index (χ0v) is 14.6. The van der Waals surface area contributed by atoms with Gasteiger partial charge in [-0.25, -0.2) is 19.6 Å². The van der Waals surface area contributed by atoms with Crippen LogP contribution in [0.2, 0.25) is 0 Å². The normalized spacial score (nSPS) is 11.5. The van der Waals surface area contributed by atoms with E-state index >= 15 is 0 Å². The molecule has 0 spiro atoms. The van der Waals surface area contributed by atoms with Crippen LogP contribution >= 0.6 is 0 Å². The Morgan fingerprint density at radius 2 is 1.23 bits per heavy atom. The van der Waals surface area contributed by atoms with E-state index in [9.17, 15) is 14.1 Å². The van der Waals surface area contributed by atoms with Gasteiger partial charge in [0.15, 0.2) is 21.6 Å². The fraction of sp³-hybridized carbons (Fsp3) is 0.111. The number of fused-ring (bicyclic) bond motifs is 2. The first-order valence-electron chi connectivity index (χ1n) is 7.67. The lowest BCUT2D eigenvalue weighted by Gasteiger charge is -2.10. The molecule has 4 aromatic rings. The summed E-state index contributed by atoms with van der Waals surface area (Å²) < 4.78 is 22.8. The molecule has 2 heterocycles. The smallest absolute Gasteiger partial charge is 0.346 e. The van der Waals surface area contributed by atoms with Gasteiger partial charge >= 0.3 is 11.3 Å². The first-order valence-corrected chi connectivity index (χ1v) is 8.82. The number of hydrogen-bond donors (Lipinski definition) is 0. The largest absolute Gasteiger partial charge is 0.606 e. The Labute approximate surface area is 149 Å². The van der Waals surface area contributed by atoms with Gasteiger partial charge in [-0.1, -0.05) is 0 Å². The summed E-state index contributed by atoms with van der Waals surface area (Å²) in [6.45, 7) is 3.15. The maximum Gasteiger partial charge on any atom is 0.346 e. The lowest BCUT2D eigenvalue weighted by atomic mass is 10.2. The number of rotatable bonds is 2. The molecule has 0 saturated heterocycles. The Morgan fingerprint density at radius 3 is 1.65 bits per heavy atom. The molecule has 0 bridgehead atoms. The van der Waals surface area contributed by atoms with Crippen LogP contribution in [0.3, 0.4) is 0 Å². The summed E-state index contributed by atoms with van der Waals surface area (Å²) in [5.74, 6) is 0.477. The van der Waals surface area contributed by atoms with Gasteiger partial charge in [-0.05, 0) is 24.3 Å². The van der Waals surface area contributed by atoms with Gasteiger partial charge in [0.1, 0.15) is 0 Å². The minimum Gasteiger partial charge on any atom is -0.606 e. The van der Waals surface area contributed by atoms with Crippen molar-refractivity contribution in [2.45, 2.75) is 23.6 Å². The van der Waals surface area contributed by atoms with Crippen LogP contribution in [0.1, 0.15) is 11.8 Å². The number of hydrogen-bond acceptors (Lipinski definition) is 7. The molecule has 8 heteroatoms. The summed E-state index contributed by atoms with van der Waals surface area (Å²) in [6.07, 6.45) is 0. The molecule has 26 heavy (non-hydrogen) atoms. The second-order valence-corrected chi connectivity index (χ2v) is 7.15. The van der Waals surface area contributed by atoms with Crippen molar-refractivity contribution < 1.29 is 13.4 Å². The monoisotopic (exact) mass is 368 g/mol. The van der Waals surface area contributed by atoms with E-state index in [1.54, 1.807) is 50.2 Å². The number of aromatic nitrogens is 2. The minimum absolute atomic E-state index is 0.238. The molecule has 0 fully saturated rings. The van der Waals surface area contributed by atoms with Gasteiger partial charge in [0, 0.05) is 37.2 Å². The maximum atomic E-state index is 12.9. The molecule has 0 unspecified atom stereocenters. The minimum atomic E-state index is -1.53. The molecule has 0 amide bonds. The van der Waals surface area contributed by atoms with Gasteiger partial charge in [-0.2, -0.15) is 0 Å². The van der Waals surface area contributed by atoms with E-state index in [0.29, 0.717) is 31.6 Å². The third-order valence-electron chi connectivity index (χ3n) is 3.84. The van der Waals surface area contributed by atoms with E-state index < -0.39 is 22.4 Å². The average molecular weight is 368 g/mol. The third kappa shape index (κ3) is 2.79. The maximum absolute atomic E-state index is 12.9. The summed E-state index contributed by atoms with van der Waals surface area (Å²) in [4.78, 5) is 33.0. The van der Waals surface area contributed by atoms with Gasteiger partial charge < -0.3 is 13.4 Å². The Bertz CT molecular complexity index is 1180. The molecule has 0 N–H and O–H groups in total. The zero-order chi connectivity index (χ0) is 18.4. The molecule has 0 radical (unpaired) electrons. The topological polar surface area (TPSA) is 109 Å². The average Bonchev–Trinajstić information content (AvgIpc) is 2.59. The van der Waals surface area contributed by atoms with Crippen molar-refractivity contribution in [3.05, 3.63) is 69.0 Å². The van der Waals surface area contributed by atoms with Crippen molar-refractivity contribution in [3.8, 4) is 0 Å². The van der Waals surface area contributed by atoms with Crippen LogP contribution in [0.15, 0.2) is 64.6 Å². The highest BCUT2D eigenvalue weighted by Gasteiger charge is 2.18. The highest BCUT2D eigenvalue weighted by atomic mass is 32.2. The molecule has 0 aliphatic rings. The third-order valence-corrected chi connectivity index (χ3v) is 5.21. The van der Waals surface area contributed by atoms with E-state index in [2.05, 4.69) is 9.97 Å². The predicted octanol–water partition coefficient (Wildman–Crippen LogP) is 2.47. The molecule has 0 aliphatic heterocycles. The van der Waals surface area contributed by atoms with Crippen LogP contribution in [0.5, 0.6) is 0 Å². The van der Waals surface area contributed by atoms with Crippen molar-refractivity contribution in [3.63, 3.8) is 0 Å². The molecule has 0 aliphatic carbocycles. The predicted molar refractivity (Wildman–Crippen MR) is 94.7 cm³/mol. The lowest BCUT2D eigenvalue weighted by Crippen LogP contribution is -2.07. The second kappa shape index (κ2) is 6.08. The van der Waals surface area contributed by atoms with Gasteiger partial charge in [0.2, 0.25) is 0 Å². The van der Waals surface area contributed by atoms with Crippen LogP contribution in [-0.2, 0) is 11.2 Å². The number of nitrogens with zero attached hydrogens (tertiary/aromatic N) is 2. The van der Waals surface area contributed by atoms with Crippen molar-refractivity contribution in [2.24, 2.45) is 0 Å². The molecule has 0 saturated carbocycles. The van der Waals surface area contributed by atoms with E-state index in [1.165, 1.54) is 0 Å². The van der Waals surface area contributed by atoms with Crippen LogP contribution in [0.25, 0.3) is 21.8 Å². The summed E-state index contributed by atoms with van der Waals surface area (Å²) in [5, 5.41) is 0.648. The molecule has 130 valence electrons. The van der Waals surface area contributed by atoms with Gasteiger partial charge in [-0.3, -0.25) is 0 Å². The van der Waals surface area contributed by atoms with Gasteiger partial charge in [0.05, 0.1) is 21.8 Å². The lowest BCUT2D eigenvalue weighted by molar-refractivity contribution is 0.466. The SMILES string of the molecule is Cc1nc2cc([S+]([O-])c3ccc4c(=O)oc(C)nc4c3)ccc2c(=O)o1. The molecule has 0 atom stereocenters. The molecule has 2 aromatic carbocycles. The summed E-state index contributed by atoms with van der Waals surface area (Å²) in [7, 11) is 0. The van der Waals surface area contributed by atoms with Crippen LogP contribution in [0, 0.1) is 13.8 Å². The molecular weight excluding hydrogens is 356 g/mol. The molecular formula is C18H12N2O5S. The van der Waals surface area contributed by atoms with Crippen molar-refractivity contribution in [2.75, 3.05) is 0 Å². The number of benzene rings is 2. The highest BCUT2D eigenvalue weighted by Crippen LogP contribution is 2.25. The van der Waals surface area contributed by atoms with E-state index in [-0.39, 0.29) is 11.8 Å². The Hall–Kier alpha value is -2.97. The van der Waals surface area contributed by atoms with E-state index in [0.717, 1.165) is 0 Å². The summed E-state index contributed by atoms with van der Waals surface area (Å²) >= 11 is -1.53. The zero-order valence-electron chi connectivity index (χ0n) is 13.8. The first kappa shape index (κ1) is 16.5. The molecule has 4 rings (SSSR count). The quantitative estimate of drug-likeness (QED) is 0.500. The van der Waals surface area contributed by atoms with E-state index in [1.807, 2.05) is 0 Å². The van der Waals surface area contributed by atoms with Crippen molar-refractivity contribution in [1.29, 1.82) is 0 Å². The Kier molecular flexibility index (Phi) is 3.86. The summed E-state index contributed by atoms with van der Waals surface area (Å²) in [5.41, 5.74) is -0.135. The van der Waals surface area contributed by atoms with Crippen LogP contribution < -0.4 is 11.3 Å². The molecule has 7 nitrogen and oxygen atoms in total. The highest BCUT2D eigenvalue weighted by molar-refractivity contribution is 7.91. The van der Waals surface area contributed by atoms with Crippen LogP contribution in [-0.4, -0.2) is 14.5 Å². The Balaban J connectivity index is 1.83. The second-order valence-electron chi connectivity index (χ2n) is 5.67. The number of aryl methyl sites for hydroxylation is 2. The Morgan fingerprint density at radius 1 is 0.808 bits per heavy atom. The first-order chi connectivity index (χ1) is 12.4. The van der Waals surface area contributed by atoms with Gasteiger partial charge in [-0.15, -0.1) is 0 Å². The van der Waals surface area contributed by atoms with Gasteiger partial charge in [0.25, 0.3) is 0 Å². The fourth-order valence-electron chi connectivity index (χ4n) is 2.68. The fourth-order valence-corrected chi connectivity index (χ4v) is 3.78. The standard InChI is InChI=1S/C18H12N2O5S/c1-9-19-15-7-11(3-5-13(15)17(21)24-9)26(23)12-4-6-14-16(8-12)20-10(2)25-18(14)22/h3-8H,1-2H3. The van der Waals surface area contributed by atoms with Crippen LogP contribution in [0.4, 0.5) is 0 Å². The van der Waals surface area contributed by atoms with E-state index in [4.69, 9.17) is 8.83 Å². The van der Waals surface area contributed by atoms with Crippen molar-refractivity contribution >= 4 is 33.0 Å².